The largest absolute Gasteiger partial charge is 0.293 e. The molecule has 0 aromatic carbocycles. The predicted molar refractivity (Wildman–Crippen MR) is 36.6 cm³/mol. The van der Waals surface area contributed by atoms with Crippen molar-refractivity contribution in [3.05, 3.63) is 0 Å². The maximum Gasteiger partial charge on any atom is 0.229 e. The zero-order valence-electron chi connectivity index (χ0n) is 4.91. The van der Waals surface area contributed by atoms with Crippen LogP contribution < -0.4 is 4.34 Å². The fraction of sp³-hybridized carbons (Fsp3) is 0.800. The molecule has 0 aliphatic heterocycles. The predicted octanol–water partition coefficient (Wildman–Crippen LogP) is 1.60. The summed E-state index contributed by atoms with van der Waals surface area (Å²) in [6, 6.07) is 0. The van der Waals surface area contributed by atoms with E-state index in [-0.39, 0.29) is 5.91 Å². The Morgan fingerprint density at radius 2 is 2.38 bits per heavy atom. The lowest BCUT2D eigenvalue weighted by atomic mass is 10.2. The van der Waals surface area contributed by atoms with Crippen LogP contribution in [0.25, 0.3) is 0 Å². The molecular formula is C5H10BrNO. The molecule has 0 rings (SSSR count). The highest BCUT2D eigenvalue weighted by molar-refractivity contribution is 9.08. The minimum absolute atomic E-state index is 0.0619. The number of nitrogens with one attached hydrogen (secondary N) is 1. The van der Waals surface area contributed by atoms with E-state index in [0.29, 0.717) is 6.42 Å². The van der Waals surface area contributed by atoms with Gasteiger partial charge in [0, 0.05) is 22.6 Å². The van der Waals surface area contributed by atoms with Crippen molar-refractivity contribution >= 4 is 22.1 Å². The highest BCUT2D eigenvalue weighted by atomic mass is 79.9. The Bertz CT molecular complexity index is 74.8. The molecule has 0 aromatic heterocycles. The van der Waals surface area contributed by atoms with E-state index in [2.05, 4.69) is 27.4 Å². The van der Waals surface area contributed by atoms with Crippen molar-refractivity contribution in [2.45, 2.75) is 26.2 Å². The van der Waals surface area contributed by atoms with Gasteiger partial charge in [-0.25, -0.2) is 0 Å². The van der Waals surface area contributed by atoms with Gasteiger partial charge in [-0.15, -0.1) is 0 Å². The first kappa shape index (κ1) is 7.95. The molecule has 0 aromatic rings. The number of unbranched alkanes of at least 4 members (excludes halogenated alkanes) is 1. The maximum absolute atomic E-state index is 10.4. The summed E-state index contributed by atoms with van der Waals surface area (Å²) in [4.78, 5) is 10.4. The van der Waals surface area contributed by atoms with E-state index in [1.807, 2.05) is 0 Å². The Kier molecular flexibility index (Phi) is 5.06. The molecule has 1 N–H and O–H groups in total. The van der Waals surface area contributed by atoms with E-state index in [0.717, 1.165) is 12.8 Å². The summed E-state index contributed by atoms with van der Waals surface area (Å²) in [6.07, 6.45) is 2.67. The van der Waals surface area contributed by atoms with Gasteiger partial charge in [0.15, 0.2) is 0 Å². The molecule has 0 aliphatic rings. The lowest BCUT2D eigenvalue weighted by Gasteiger charge is -1.92. The molecule has 0 unspecified atom stereocenters. The summed E-state index contributed by atoms with van der Waals surface area (Å²) < 4.78 is 2.37. The molecule has 48 valence electrons. The highest BCUT2D eigenvalue weighted by Crippen LogP contribution is 1.93. The van der Waals surface area contributed by atoms with Gasteiger partial charge >= 0.3 is 0 Å². The third-order valence-electron chi connectivity index (χ3n) is 0.863. The van der Waals surface area contributed by atoms with Crippen LogP contribution in [0.15, 0.2) is 0 Å². The van der Waals surface area contributed by atoms with E-state index < -0.39 is 0 Å². The van der Waals surface area contributed by atoms with Crippen LogP contribution in [0.3, 0.4) is 0 Å². The monoisotopic (exact) mass is 179 g/mol. The fourth-order valence-electron chi connectivity index (χ4n) is 0.385. The SMILES string of the molecule is CCCCC(=O)NBr. The molecule has 0 radical (unpaired) electrons. The van der Waals surface area contributed by atoms with Gasteiger partial charge in [0.05, 0.1) is 0 Å². The first-order chi connectivity index (χ1) is 3.81. The molecule has 3 heteroatoms. The molecule has 0 bridgehead atoms. The number of carbonyl (C=O) groups excluding carboxylic acids is 1. The van der Waals surface area contributed by atoms with Crippen LogP contribution in [0, 0.1) is 0 Å². The van der Waals surface area contributed by atoms with Gasteiger partial charge in [-0.1, -0.05) is 13.3 Å². The average Bonchev–Trinajstić information content (AvgIpc) is 1.83. The second-order valence-electron chi connectivity index (χ2n) is 1.62. The Labute approximate surface area is 58.0 Å². The third-order valence-corrected chi connectivity index (χ3v) is 1.31. The topological polar surface area (TPSA) is 29.1 Å². The van der Waals surface area contributed by atoms with Gasteiger partial charge < -0.3 is 0 Å². The number of halogens is 1. The van der Waals surface area contributed by atoms with Crippen LogP contribution in [0.2, 0.25) is 0 Å². The molecule has 0 atom stereocenters. The fourth-order valence-corrected chi connectivity index (χ4v) is 0.583. The van der Waals surface area contributed by atoms with Crippen LogP contribution in [0.5, 0.6) is 0 Å². The molecule has 0 spiro atoms. The summed E-state index contributed by atoms with van der Waals surface area (Å²) in [5.41, 5.74) is 0. The average molecular weight is 180 g/mol. The van der Waals surface area contributed by atoms with Crippen LogP contribution >= 0.6 is 16.1 Å². The van der Waals surface area contributed by atoms with Crippen molar-refractivity contribution in [2.75, 3.05) is 0 Å². The number of carbonyl (C=O) groups is 1. The molecule has 0 aliphatic carbocycles. The normalized spacial score (nSPS) is 8.75. The Balaban J connectivity index is 2.99. The van der Waals surface area contributed by atoms with Crippen LogP contribution in [-0.2, 0) is 4.79 Å². The van der Waals surface area contributed by atoms with E-state index in [1.165, 1.54) is 0 Å². The zero-order chi connectivity index (χ0) is 6.41. The smallest absolute Gasteiger partial charge is 0.229 e. The number of hydrogen-bond donors (Lipinski definition) is 1. The Morgan fingerprint density at radius 3 is 2.75 bits per heavy atom. The molecule has 1 amide bonds. The number of rotatable bonds is 3. The lowest BCUT2D eigenvalue weighted by molar-refractivity contribution is -0.119. The third kappa shape index (κ3) is 4.12. The Morgan fingerprint density at radius 1 is 1.75 bits per heavy atom. The van der Waals surface area contributed by atoms with E-state index in [4.69, 9.17) is 0 Å². The first-order valence-corrected chi connectivity index (χ1v) is 3.50. The maximum atomic E-state index is 10.4. The second kappa shape index (κ2) is 5.09. The zero-order valence-corrected chi connectivity index (χ0v) is 6.49. The summed E-state index contributed by atoms with van der Waals surface area (Å²) >= 11 is 2.85. The van der Waals surface area contributed by atoms with Gasteiger partial charge in [-0.05, 0) is 6.42 Å². The van der Waals surface area contributed by atoms with Crippen molar-refractivity contribution in [1.82, 2.24) is 4.34 Å². The van der Waals surface area contributed by atoms with Crippen LogP contribution in [-0.4, -0.2) is 5.91 Å². The van der Waals surface area contributed by atoms with Crippen LogP contribution in [0.1, 0.15) is 26.2 Å². The van der Waals surface area contributed by atoms with Crippen molar-refractivity contribution in [1.29, 1.82) is 0 Å². The van der Waals surface area contributed by atoms with Gasteiger partial charge in [-0.3, -0.25) is 9.14 Å². The van der Waals surface area contributed by atoms with Crippen LogP contribution in [0.4, 0.5) is 0 Å². The van der Waals surface area contributed by atoms with Crippen molar-refractivity contribution in [3.63, 3.8) is 0 Å². The van der Waals surface area contributed by atoms with E-state index >= 15 is 0 Å². The second-order valence-corrected chi connectivity index (χ2v) is 2.02. The van der Waals surface area contributed by atoms with Gasteiger partial charge in [0.1, 0.15) is 0 Å². The molecule has 2 nitrogen and oxygen atoms in total. The van der Waals surface area contributed by atoms with Gasteiger partial charge in [0.2, 0.25) is 5.91 Å². The summed E-state index contributed by atoms with van der Waals surface area (Å²) in [7, 11) is 0. The van der Waals surface area contributed by atoms with E-state index in [1.54, 1.807) is 0 Å². The van der Waals surface area contributed by atoms with Crippen molar-refractivity contribution in [3.8, 4) is 0 Å². The minimum Gasteiger partial charge on any atom is -0.293 e. The molecule has 0 heterocycles. The van der Waals surface area contributed by atoms with Crippen molar-refractivity contribution in [2.24, 2.45) is 0 Å². The summed E-state index contributed by atoms with van der Waals surface area (Å²) in [5, 5.41) is 0. The quantitative estimate of drug-likeness (QED) is 0.656. The highest BCUT2D eigenvalue weighted by Gasteiger charge is 1.93. The molecule has 0 saturated carbocycles. The van der Waals surface area contributed by atoms with E-state index in [9.17, 15) is 4.79 Å². The molecule has 0 saturated heterocycles. The first-order valence-electron chi connectivity index (χ1n) is 2.70. The standard InChI is InChI=1S/C5H10BrNO/c1-2-3-4-5(8)7-6/h2-4H2,1H3,(H,7,8). The van der Waals surface area contributed by atoms with Gasteiger partial charge in [-0.2, -0.15) is 0 Å². The lowest BCUT2D eigenvalue weighted by Crippen LogP contribution is -2.10. The summed E-state index contributed by atoms with van der Waals surface area (Å²) in [5.74, 6) is 0.0619. The molecular weight excluding hydrogens is 170 g/mol. The number of hydrogen-bond acceptors (Lipinski definition) is 1. The molecule has 0 fully saturated rings. The van der Waals surface area contributed by atoms with Gasteiger partial charge in [0.25, 0.3) is 0 Å². The minimum atomic E-state index is 0.0619. The number of amides is 1. The Hall–Kier alpha value is -0.0500. The summed E-state index contributed by atoms with van der Waals surface area (Å²) in [6.45, 7) is 2.06. The van der Waals surface area contributed by atoms with Crippen molar-refractivity contribution < 1.29 is 4.79 Å². The molecule has 8 heavy (non-hydrogen) atoms.